The van der Waals surface area contributed by atoms with Gasteiger partial charge < -0.3 is 10.1 Å². The Bertz CT molecular complexity index is 632. The summed E-state index contributed by atoms with van der Waals surface area (Å²) in [5.41, 5.74) is 2.01. The zero-order chi connectivity index (χ0) is 15.2. The molecule has 0 saturated carbocycles. The zero-order valence-corrected chi connectivity index (χ0v) is 14.4. The van der Waals surface area contributed by atoms with Gasteiger partial charge in [0.05, 0.1) is 17.2 Å². The number of nitrogens with one attached hydrogen (secondary N) is 1. The van der Waals surface area contributed by atoms with Crippen molar-refractivity contribution in [1.82, 2.24) is 0 Å². The van der Waals surface area contributed by atoms with Crippen LogP contribution < -0.4 is 10.1 Å². The van der Waals surface area contributed by atoms with Crippen LogP contribution >= 0.6 is 47.2 Å². The normalized spacial score (nSPS) is 10.2. The summed E-state index contributed by atoms with van der Waals surface area (Å²) < 4.78 is 5.81. The monoisotopic (exact) mass is 357 g/mol. The highest BCUT2D eigenvalue weighted by atomic mass is 35.5. The summed E-state index contributed by atoms with van der Waals surface area (Å²) in [4.78, 5) is 0. The van der Waals surface area contributed by atoms with Gasteiger partial charge in [0, 0.05) is 11.4 Å². The van der Waals surface area contributed by atoms with Crippen LogP contribution in [0.1, 0.15) is 5.56 Å². The van der Waals surface area contributed by atoms with Crippen LogP contribution in [0.15, 0.2) is 42.5 Å². The predicted molar refractivity (Wildman–Crippen MR) is 97.0 cm³/mol. The third-order valence-electron chi connectivity index (χ3n) is 2.69. The number of halogens is 2. The minimum absolute atomic E-state index is 0.504. The van der Waals surface area contributed by atoms with Crippen molar-refractivity contribution in [2.24, 2.45) is 0 Å². The Morgan fingerprint density at radius 1 is 1.14 bits per heavy atom. The van der Waals surface area contributed by atoms with E-state index in [2.05, 4.69) is 5.32 Å². The number of hydrogen-bond acceptors (Lipinski definition) is 3. The lowest BCUT2D eigenvalue weighted by molar-refractivity contribution is 0.414. The second-order valence-corrected chi connectivity index (χ2v) is 6.64. The fourth-order valence-electron chi connectivity index (χ4n) is 1.60. The lowest BCUT2D eigenvalue weighted by Gasteiger charge is -2.09. The first-order valence-electron chi connectivity index (χ1n) is 6.10. The fourth-order valence-corrected chi connectivity index (χ4v) is 2.87. The maximum absolute atomic E-state index is 5.96. The van der Waals surface area contributed by atoms with Crippen molar-refractivity contribution in [2.45, 2.75) is 5.75 Å². The van der Waals surface area contributed by atoms with Crippen LogP contribution in [-0.4, -0.2) is 11.4 Å². The molecule has 2 aromatic carbocycles. The van der Waals surface area contributed by atoms with E-state index in [-0.39, 0.29) is 0 Å². The number of thioether (sulfide) groups is 1. The number of benzene rings is 2. The number of methoxy groups -OCH3 is 1. The molecule has 0 radical (unpaired) electrons. The first-order valence-corrected chi connectivity index (χ1v) is 8.25. The van der Waals surface area contributed by atoms with Crippen LogP contribution in [0.25, 0.3) is 0 Å². The molecule has 0 bridgehead atoms. The molecule has 0 amide bonds. The molecule has 21 heavy (non-hydrogen) atoms. The quantitative estimate of drug-likeness (QED) is 0.715. The van der Waals surface area contributed by atoms with E-state index in [0.29, 0.717) is 14.4 Å². The highest BCUT2D eigenvalue weighted by Gasteiger charge is 2.03. The molecule has 0 aromatic heterocycles. The molecule has 0 aliphatic heterocycles. The highest BCUT2D eigenvalue weighted by Crippen LogP contribution is 2.26. The van der Waals surface area contributed by atoms with Gasteiger partial charge in [0.2, 0.25) is 0 Å². The van der Waals surface area contributed by atoms with Gasteiger partial charge in [-0.05, 0) is 35.9 Å². The van der Waals surface area contributed by atoms with E-state index in [4.69, 9.17) is 40.2 Å². The Hall–Kier alpha value is -0.940. The molecular weight excluding hydrogens is 345 g/mol. The van der Waals surface area contributed by atoms with Crippen molar-refractivity contribution >= 4 is 57.2 Å². The summed E-state index contributed by atoms with van der Waals surface area (Å²) in [5, 5.41) is 4.16. The molecule has 0 atom stereocenters. The van der Waals surface area contributed by atoms with Gasteiger partial charge in [0.25, 0.3) is 0 Å². The molecule has 0 fully saturated rings. The number of anilines is 1. The van der Waals surface area contributed by atoms with Gasteiger partial charge >= 0.3 is 0 Å². The van der Waals surface area contributed by atoms with Crippen LogP contribution in [0.4, 0.5) is 5.69 Å². The van der Waals surface area contributed by atoms with Gasteiger partial charge in [-0.3, -0.25) is 0 Å². The summed E-state index contributed by atoms with van der Waals surface area (Å²) in [6, 6.07) is 13.2. The second kappa shape index (κ2) is 7.90. The van der Waals surface area contributed by atoms with Crippen LogP contribution in [0, 0.1) is 0 Å². The molecule has 0 saturated heterocycles. The Balaban J connectivity index is 1.87. The average Bonchev–Trinajstić information content (AvgIpc) is 2.49. The fraction of sp³-hybridized carbons (Fsp3) is 0.133. The van der Waals surface area contributed by atoms with Crippen LogP contribution in [0.2, 0.25) is 10.0 Å². The molecular formula is C15H13Cl2NOS2. The summed E-state index contributed by atoms with van der Waals surface area (Å²) in [6.45, 7) is 0. The Morgan fingerprint density at radius 2 is 1.86 bits per heavy atom. The van der Waals surface area contributed by atoms with E-state index in [0.717, 1.165) is 17.2 Å². The van der Waals surface area contributed by atoms with Crippen molar-refractivity contribution in [3.8, 4) is 5.75 Å². The smallest absolute Gasteiger partial charge is 0.138 e. The van der Waals surface area contributed by atoms with E-state index >= 15 is 0 Å². The second-order valence-electron chi connectivity index (χ2n) is 4.18. The van der Waals surface area contributed by atoms with E-state index < -0.39 is 0 Å². The van der Waals surface area contributed by atoms with Gasteiger partial charge in [-0.2, -0.15) is 0 Å². The van der Waals surface area contributed by atoms with Crippen molar-refractivity contribution in [1.29, 1.82) is 0 Å². The first-order chi connectivity index (χ1) is 10.1. The molecule has 6 heteroatoms. The van der Waals surface area contributed by atoms with Crippen molar-refractivity contribution in [2.75, 3.05) is 12.4 Å². The Kier molecular flexibility index (Phi) is 6.18. The van der Waals surface area contributed by atoms with Crippen molar-refractivity contribution in [3.63, 3.8) is 0 Å². The molecule has 110 valence electrons. The van der Waals surface area contributed by atoms with Crippen LogP contribution in [0.5, 0.6) is 5.75 Å². The maximum Gasteiger partial charge on any atom is 0.138 e. The third kappa shape index (κ3) is 5.08. The van der Waals surface area contributed by atoms with E-state index in [9.17, 15) is 0 Å². The molecule has 0 heterocycles. The molecule has 0 unspecified atom stereocenters. The topological polar surface area (TPSA) is 21.3 Å². The highest BCUT2D eigenvalue weighted by molar-refractivity contribution is 8.22. The van der Waals surface area contributed by atoms with Gasteiger partial charge in [-0.15, -0.1) is 0 Å². The molecule has 2 rings (SSSR count). The Morgan fingerprint density at radius 3 is 2.48 bits per heavy atom. The SMILES string of the molecule is COc1ccc(CSC(=S)Nc2ccc(Cl)c(Cl)c2)cc1. The van der Waals surface area contributed by atoms with Gasteiger partial charge in [-0.25, -0.2) is 0 Å². The minimum atomic E-state index is 0.504. The summed E-state index contributed by atoms with van der Waals surface area (Å²) in [5.74, 6) is 1.64. The molecule has 2 nitrogen and oxygen atoms in total. The first kappa shape index (κ1) is 16.4. The van der Waals surface area contributed by atoms with E-state index in [1.807, 2.05) is 30.3 Å². The lowest BCUT2D eigenvalue weighted by atomic mass is 10.2. The number of hydrogen-bond donors (Lipinski definition) is 1. The standard InChI is InChI=1S/C15H13Cl2NOS2/c1-19-12-5-2-10(3-6-12)9-21-15(20)18-11-4-7-13(16)14(17)8-11/h2-8H,9H2,1H3,(H,18,20). The lowest BCUT2D eigenvalue weighted by Crippen LogP contribution is -2.04. The largest absolute Gasteiger partial charge is 0.497 e. The molecule has 2 aromatic rings. The molecule has 0 aliphatic carbocycles. The summed E-state index contributed by atoms with van der Waals surface area (Å²) in [6.07, 6.45) is 0. The molecule has 1 N–H and O–H groups in total. The van der Waals surface area contributed by atoms with Crippen molar-refractivity contribution in [3.05, 3.63) is 58.1 Å². The Labute approximate surface area is 143 Å². The summed E-state index contributed by atoms with van der Waals surface area (Å²) in [7, 11) is 1.65. The van der Waals surface area contributed by atoms with Gasteiger partial charge in [0.1, 0.15) is 10.1 Å². The van der Waals surface area contributed by atoms with Crippen LogP contribution in [-0.2, 0) is 5.75 Å². The molecule has 0 spiro atoms. The average molecular weight is 358 g/mol. The summed E-state index contributed by atoms with van der Waals surface area (Å²) >= 11 is 18.7. The number of rotatable bonds is 4. The van der Waals surface area contributed by atoms with Gasteiger partial charge in [-0.1, -0.05) is 59.3 Å². The van der Waals surface area contributed by atoms with E-state index in [1.165, 1.54) is 5.56 Å². The number of thiocarbonyl (C=S) groups is 1. The third-order valence-corrected chi connectivity index (χ3v) is 4.73. The minimum Gasteiger partial charge on any atom is -0.497 e. The zero-order valence-electron chi connectivity index (χ0n) is 11.2. The predicted octanol–water partition coefficient (Wildman–Crippen LogP) is 5.63. The van der Waals surface area contributed by atoms with E-state index in [1.54, 1.807) is 31.0 Å². The van der Waals surface area contributed by atoms with Crippen LogP contribution in [0.3, 0.4) is 0 Å². The molecule has 0 aliphatic rings. The number of ether oxygens (including phenoxy) is 1. The maximum atomic E-state index is 5.96. The van der Waals surface area contributed by atoms with Crippen molar-refractivity contribution < 1.29 is 4.74 Å². The van der Waals surface area contributed by atoms with Gasteiger partial charge in [0.15, 0.2) is 0 Å².